The highest BCUT2D eigenvalue weighted by atomic mass is 32.2. The second-order valence-corrected chi connectivity index (χ2v) is 7.49. The van der Waals surface area contributed by atoms with Gasteiger partial charge in [0, 0.05) is 5.69 Å². The molecule has 1 aromatic rings. The first-order valence-electron chi connectivity index (χ1n) is 7.56. The van der Waals surface area contributed by atoms with E-state index in [1.54, 1.807) is 37.7 Å². The van der Waals surface area contributed by atoms with Gasteiger partial charge < -0.3 is 14.3 Å². The zero-order valence-electron chi connectivity index (χ0n) is 13.8. The van der Waals surface area contributed by atoms with E-state index in [1.807, 2.05) is 24.5 Å². The molecule has 8 heteroatoms. The van der Waals surface area contributed by atoms with Crippen LogP contribution in [0.3, 0.4) is 0 Å². The molecule has 0 aromatic heterocycles. The van der Waals surface area contributed by atoms with E-state index in [2.05, 4.69) is 10.2 Å². The van der Waals surface area contributed by atoms with E-state index >= 15 is 0 Å². The summed E-state index contributed by atoms with van der Waals surface area (Å²) in [6.07, 6.45) is 2.46. The molecule has 0 saturated carbocycles. The van der Waals surface area contributed by atoms with Crippen LogP contribution in [0.25, 0.3) is 0 Å². The molecule has 1 aromatic carbocycles. The maximum atomic E-state index is 13.0. The number of esters is 1. The molecule has 0 aliphatic heterocycles. The fraction of sp³-hybridized carbons (Fsp3) is 0.533. The molecule has 0 bridgehead atoms. The minimum absolute atomic E-state index is 0.252. The molecule has 130 valence electrons. The van der Waals surface area contributed by atoms with Crippen molar-refractivity contribution in [3.05, 3.63) is 30.3 Å². The molecule has 1 rings (SSSR count). The van der Waals surface area contributed by atoms with Crippen LogP contribution in [0, 0.1) is 0 Å². The summed E-state index contributed by atoms with van der Waals surface area (Å²) < 4.78 is 23.5. The van der Waals surface area contributed by atoms with Crippen LogP contribution in [0.2, 0.25) is 0 Å². The maximum absolute atomic E-state index is 13.0. The van der Waals surface area contributed by atoms with Gasteiger partial charge in [-0.25, -0.2) is 9.65 Å². The Labute approximate surface area is 142 Å². The molecule has 0 saturated heterocycles. The standard InChI is InChI=1S/C15H25N2O4PS/c1-4-20-15(18)14(11-12-23-3)17-22(19,21-5-2)16-13-9-7-6-8-10-13/h6-10,14H,4-5,11-12H2,1-3H3,(H2,16,17,19)/t14-,22?/m0/s1. The van der Waals surface area contributed by atoms with Crippen molar-refractivity contribution in [1.29, 1.82) is 0 Å². The highest BCUT2D eigenvalue weighted by molar-refractivity contribution is 7.98. The quantitative estimate of drug-likeness (QED) is 0.462. The summed E-state index contributed by atoms with van der Waals surface area (Å²) in [6.45, 7) is 4.03. The highest BCUT2D eigenvalue weighted by Crippen LogP contribution is 2.43. The summed E-state index contributed by atoms with van der Waals surface area (Å²) in [5.41, 5.74) is 0.657. The van der Waals surface area contributed by atoms with Crippen LogP contribution < -0.4 is 10.2 Å². The second kappa shape index (κ2) is 10.7. The van der Waals surface area contributed by atoms with Gasteiger partial charge in [0.25, 0.3) is 0 Å². The van der Waals surface area contributed by atoms with Crippen molar-refractivity contribution in [3.63, 3.8) is 0 Å². The van der Waals surface area contributed by atoms with Crippen LogP contribution in [-0.2, 0) is 18.6 Å². The van der Waals surface area contributed by atoms with E-state index in [0.29, 0.717) is 12.1 Å². The number of hydrogen-bond donors (Lipinski definition) is 2. The van der Waals surface area contributed by atoms with Crippen LogP contribution in [0.15, 0.2) is 30.3 Å². The summed E-state index contributed by atoms with van der Waals surface area (Å²) in [5, 5.41) is 5.70. The summed E-state index contributed by atoms with van der Waals surface area (Å²) in [4.78, 5) is 12.1. The van der Waals surface area contributed by atoms with E-state index in [0.717, 1.165) is 5.75 Å². The first-order valence-corrected chi connectivity index (χ1v) is 10.6. The van der Waals surface area contributed by atoms with E-state index in [-0.39, 0.29) is 13.2 Å². The van der Waals surface area contributed by atoms with Gasteiger partial charge in [0.05, 0.1) is 13.2 Å². The Bertz CT molecular complexity index is 515. The van der Waals surface area contributed by atoms with Crippen molar-refractivity contribution in [2.75, 3.05) is 30.3 Å². The molecule has 0 aliphatic carbocycles. The Hall–Kier alpha value is -1.01. The normalized spacial score (nSPS) is 14.7. The molecule has 23 heavy (non-hydrogen) atoms. The third-order valence-electron chi connectivity index (χ3n) is 2.87. The average molecular weight is 360 g/mol. The molecule has 2 atom stereocenters. The minimum atomic E-state index is -3.43. The molecular weight excluding hydrogens is 335 g/mol. The van der Waals surface area contributed by atoms with Gasteiger partial charge in [-0.1, -0.05) is 18.2 Å². The van der Waals surface area contributed by atoms with Gasteiger partial charge in [0.2, 0.25) is 0 Å². The van der Waals surface area contributed by atoms with Gasteiger partial charge in [-0.05, 0) is 44.4 Å². The number of benzene rings is 1. The molecular formula is C15H25N2O4PS. The number of para-hydroxylation sites is 1. The van der Waals surface area contributed by atoms with Gasteiger partial charge in [0.1, 0.15) is 6.04 Å². The van der Waals surface area contributed by atoms with Crippen LogP contribution in [0.5, 0.6) is 0 Å². The van der Waals surface area contributed by atoms with Gasteiger partial charge >= 0.3 is 13.6 Å². The van der Waals surface area contributed by atoms with Gasteiger partial charge in [-0.2, -0.15) is 11.8 Å². The van der Waals surface area contributed by atoms with Crippen LogP contribution in [-0.4, -0.2) is 37.2 Å². The number of nitrogens with one attached hydrogen (secondary N) is 2. The number of anilines is 1. The fourth-order valence-electron chi connectivity index (χ4n) is 1.89. The van der Waals surface area contributed by atoms with E-state index in [9.17, 15) is 9.36 Å². The topological polar surface area (TPSA) is 76.7 Å². The Balaban J connectivity index is 2.87. The van der Waals surface area contributed by atoms with Crippen molar-refractivity contribution in [3.8, 4) is 0 Å². The van der Waals surface area contributed by atoms with Gasteiger partial charge in [-0.3, -0.25) is 4.79 Å². The minimum Gasteiger partial charge on any atom is -0.465 e. The number of carbonyl (C=O) groups excluding carboxylic acids is 1. The zero-order chi connectivity index (χ0) is 17.1. The molecule has 0 fully saturated rings. The fourth-order valence-corrected chi connectivity index (χ4v) is 4.06. The SMILES string of the molecule is CCOC(=O)[C@H](CCSC)NP(=O)(Nc1ccccc1)OCC. The van der Waals surface area contributed by atoms with Crippen molar-refractivity contribution < 1.29 is 18.6 Å². The van der Waals surface area contributed by atoms with Gasteiger partial charge in [0.15, 0.2) is 0 Å². The van der Waals surface area contributed by atoms with Crippen molar-refractivity contribution in [2.45, 2.75) is 26.3 Å². The predicted molar refractivity (Wildman–Crippen MR) is 95.9 cm³/mol. The third kappa shape index (κ3) is 7.40. The lowest BCUT2D eigenvalue weighted by Crippen LogP contribution is -2.38. The van der Waals surface area contributed by atoms with Crippen molar-refractivity contribution >= 4 is 31.1 Å². The van der Waals surface area contributed by atoms with Crippen LogP contribution in [0.4, 0.5) is 5.69 Å². The molecule has 0 heterocycles. The summed E-state index contributed by atoms with van der Waals surface area (Å²) in [6, 6.07) is 8.41. The van der Waals surface area contributed by atoms with Crippen molar-refractivity contribution in [2.24, 2.45) is 0 Å². The lowest BCUT2D eigenvalue weighted by molar-refractivity contribution is -0.145. The van der Waals surface area contributed by atoms with E-state index in [1.165, 1.54) is 0 Å². The molecule has 0 aliphatic rings. The third-order valence-corrected chi connectivity index (χ3v) is 5.34. The van der Waals surface area contributed by atoms with E-state index in [4.69, 9.17) is 9.26 Å². The molecule has 6 nitrogen and oxygen atoms in total. The maximum Gasteiger partial charge on any atom is 0.366 e. The molecule has 1 unspecified atom stereocenters. The lowest BCUT2D eigenvalue weighted by atomic mass is 10.2. The van der Waals surface area contributed by atoms with E-state index < -0.39 is 19.7 Å². The highest BCUT2D eigenvalue weighted by Gasteiger charge is 2.31. The Morgan fingerprint density at radius 3 is 2.52 bits per heavy atom. The Morgan fingerprint density at radius 1 is 1.26 bits per heavy atom. The first kappa shape index (κ1) is 20.0. The molecule has 0 amide bonds. The van der Waals surface area contributed by atoms with Gasteiger partial charge in [-0.15, -0.1) is 0 Å². The number of ether oxygens (including phenoxy) is 1. The molecule has 2 N–H and O–H groups in total. The number of hydrogen-bond acceptors (Lipinski definition) is 5. The largest absolute Gasteiger partial charge is 0.465 e. The summed E-state index contributed by atoms with van der Waals surface area (Å²) >= 11 is 1.61. The van der Waals surface area contributed by atoms with Crippen molar-refractivity contribution in [1.82, 2.24) is 5.09 Å². The summed E-state index contributed by atoms with van der Waals surface area (Å²) in [5.74, 6) is 0.324. The molecule has 0 spiro atoms. The second-order valence-electron chi connectivity index (χ2n) is 4.66. The average Bonchev–Trinajstić information content (AvgIpc) is 2.52. The number of carbonyl (C=O) groups is 1. The lowest BCUT2D eigenvalue weighted by Gasteiger charge is -2.25. The zero-order valence-corrected chi connectivity index (χ0v) is 15.5. The Kier molecular flexibility index (Phi) is 9.33. The smallest absolute Gasteiger partial charge is 0.366 e. The monoisotopic (exact) mass is 360 g/mol. The summed E-state index contributed by atoms with van der Waals surface area (Å²) in [7, 11) is -3.43. The first-order chi connectivity index (χ1) is 11.0. The van der Waals surface area contributed by atoms with Crippen LogP contribution >= 0.6 is 19.4 Å². The van der Waals surface area contributed by atoms with Crippen LogP contribution in [0.1, 0.15) is 20.3 Å². The molecule has 0 radical (unpaired) electrons. The number of thioether (sulfide) groups is 1. The Morgan fingerprint density at radius 2 is 1.96 bits per heavy atom. The predicted octanol–water partition coefficient (Wildman–Crippen LogP) is 3.52. The number of rotatable bonds is 11.